The molecule has 2 fully saturated rings. The van der Waals surface area contributed by atoms with Crippen LogP contribution < -0.4 is 10.6 Å². The standard InChI is InChI=1S/C21H24FN9O/c1-23-20-19-14(16-2-3-18-24-6-9-30(18)27-16)4-8-31(19)28-21(26-20)25-17-5-7-29(10-15(17)22)13-11-32-12-13/h2-4,6,8-9,13,15,17H,5,7,10-12H2,1H3,(H2,23,25,26,28)/t15-,17+/m1/s1. The van der Waals surface area contributed by atoms with Gasteiger partial charge in [-0.1, -0.05) is 0 Å². The van der Waals surface area contributed by atoms with Crippen molar-refractivity contribution in [3.63, 3.8) is 0 Å². The fraction of sp³-hybridized carbons (Fsp3) is 0.429. The molecule has 0 spiro atoms. The van der Waals surface area contributed by atoms with Gasteiger partial charge in [0, 0.05) is 44.3 Å². The predicted molar refractivity (Wildman–Crippen MR) is 118 cm³/mol. The highest BCUT2D eigenvalue weighted by Gasteiger charge is 2.35. The number of likely N-dealkylation sites (tertiary alicyclic amines) is 1. The number of fused-ring (bicyclic) bond motifs is 2. The number of aromatic nitrogens is 6. The molecular weight excluding hydrogens is 413 g/mol. The van der Waals surface area contributed by atoms with Crippen LogP contribution in [0.3, 0.4) is 0 Å². The first-order valence-electron chi connectivity index (χ1n) is 10.8. The monoisotopic (exact) mass is 437 g/mol. The molecule has 0 amide bonds. The number of hydrogen-bond donors (Lipinski definition) is 2. The van der Waals surface area contributed by atoms with Gasteiger partial charge in [-0.25, -0.2) is 18.4 Å². The van der Waals surface area contributed by atoms with Crippen LogP contribution >= 0.6 is 0 Å². The average Bonchev–Trinajstić information content (AvgIpc) is 3.40. The van der Waals surface area contributed by atoms with Gasteiger partial charge < -0.3 is 15.4 Å². The van der Waals surface area contributed by atoms with Crippen molar-refractivity contribution in [3.8, 4) is 11.3 Å². The molecule has 2 atom stereocenters. The number of rotatable bonds is 5. The van der Waals surface area contributed by atoms with E-state index in [9.17, 15) is 4.39 Å². The second kappa shape index (κ2) is 7.68. The Kier molecular flexibility index (Phi) is 4.65. The largest absolute Gasteiger partial charge is 0.378 e. The quantitative estimate of drug-likeness (QED) is 0.487. The van der Waals surface area contributed by atoms with Crippen molar-refractivity contribution in [2.75, 3.05) is 44.0 Å². The number of nitrogens with one attached hydrogen (secondary N) is 2. The van der Waals surface area contributed by atoms with Crippen molar-refractivity contribution < 1.29 is 9.13 Å². The van der Waals surface area contributed by atoms with Gasteiger partial charge in [0.2, 0.25) is 5.95 Å². The fourth-order valence-corrected chi connectivity index (χ4v) is 4.45. The predicted octanol–water partition coefficient (Wildman–Crippen LogP) is 1.70. The minimum atomic E-state index is -0.993. The summed E-state index contributed by atoms with van der Waals surface area (Å²) in [5.41, 5.74) is 3.28. The summed E-state index contributed by atoms with van der Waals surface area (Å²) in [5.74, 6) is 1.05. The molecule has 2 aliphatic rings. The van der Waals surface area contributed by atoms with E-state index in [1.807, 2.05) is 37.6 Å². The third kappa shape index (κ3) is 3.24. The highest BCUT2D eigenvalue weighted by atomic mass is 19.1. The molecule has 4 aromatic heterocycles. The number of anilines is 2. The zero-order chi connectivity index (χ0) is 21.7. The van der Waals surface area contributed by atoms with Crippen LogP contribution in [-0.4, -0.2) is 85.7 Å². The molecule has 4 aromatic rings. The maximum absolute atomic E-state index is 14.9. The Morgan fingerprint density at radius 3 is 2.81 bits per heavy atom. The normalized spacial score (nSPS) is 22.3. The highest BCUT2D eigenvalue weighted by Crippen LogP contribution is 2.29. The molecule has 6 heterocycles. The van der Waals surface area contributed by atoms with Gasteiger partial charge in [0.05, 0.1) is 31.0 Å². The number of alkyl halides is 1. The SMILES string of the molecule is CNc1nc(N[C@H]2CCN(C3COC3)C[C@H]2F)nn2ccc(-c3ccc4nccn4n3)c12. The Hall–Kier alpha value is -3.31. The lowest BCUT2D eigenvalue weighted by Crippen LogP contribution is -2.57. The van der Waals surface area contributed by atoms with Gasteiger partial charge in [-0.2, -0.15) is 10.1 Å². The first-order chi connectivity index (χ1) is 15.7. The van der Waals surface area contributed by atoms with E-state index < -0.39 is 6.17 Å². The second-order valence-electron chi connectivity index (χ2n) is 8.25. The average molecular weight is 437 g/mol. The summed E-state index contributed by atoms with van der Waals surface area (Å²) in [4.78, 5) is 11.1. The highest BCUT2D eigenvalue weighted by molar-refractivity contribution is 5.87. The minimum Gasteiger partial charge on any atom is -0.378 e. The molecule has 0 saturated carbocycles. The molecule has 10 nitrogen and oxygen atoms in total. The van der Waals surface area contributed by atoms with E-state index in [4.69, 9.17) is 4.74 Å². The van der Waals surface area contributed by atoms with Crippen molar-refractivity contribution in [1.29, 1.82) is 0 Å². The minimum absolute atomic E-state index is 0.324. The molecule has 2 N–H and O–H groups in total. The van der Waals surface area contributed by atoms with E-state index in [1.165, 1.54) is 0 Å². The molecule has 2 aliphatic heterocycles. The second-order valence-corrected chi connectivity index (χ2v) is 8.25. The van der Waals surface area contributed by atoms with Gasteiger partial charge >= 0.3 is 0 Å². The lowest BCUT2D eigenvalue weighted by Gasteiger charge is -2.42. The molecular formula is C21H24FN9O. The fourth-order valence-electron chi connectivity index (χ4n) is 4.45. The summed E-state index contributed by atoms with van der Waals surface area (Å²) in [6.07, 6.45) is 5.09. The van der Waals surface area contributed by atoms with Gasteiger partial charge in [-0.3, -0.25) is 4.90 Å². The maximum Gasteiger partial charge on any atom is 0.243 e. The van der Waals surface area contributed by atoms with E-state index in [0.717, 1.165) is 29.0 Å². The van der Waals surface area contributed by atoms with Gasteiger partial charge in [0.15, 0.2) is 11.5 Å². The molecule has 166 valence electrons. The van der Waals surface area contributed by atoms with Crippen LogP contribution in [0.25, 0.3) is 22.4 Å². The van der Waals surface area contributed by atoms with E-state index >= 15 is 0 Å². The number of ether oxygens (including phenoxy) is 1. The van der Waals surface area contributed by atoms with Crippen LogP contribution in [0.15, 0.2) is 36.8 Å². The van der Waals surface area contributed by atoms with E-state index in [1.54, 1.807) is 15.2 Å². The smallest absolute Gasteiger partial charge is 0.243 e. The Morgan fingerprint density at radius 2 is 2.03 bits per heavy atom. The number of piperidine rings is 1. The number of hydrogen-bond acceptors (Lipinski definition) is 8. The summed E-state index contributed by atoms with van der Waals surface area (Å²) in [6, 6.07) is 5.83. The molecule has 2 saturated heterocycles. The summed E-state index contributed by atoms with van der Waals surface area (Å²) in [5, 5.41) is 15.6. The topological polar surface area (TPSA) is 96.9 Å². The summed E-state index contributed by atoms with van der Waals surface area (Å²) in [7, 11) is 1.81. The molecule has 6 rings (SSSR count). The van der Waals surface area contributed by atoms with Crippen LogP contribution in [0.5, 0.6) is 0 Å². The van der Waals surface area contributed by atoms with E-state index in [-0.39, 0.29) is 6.04 Å². The Morgan fingerprint density at radius 1 is 1.12 bits per heavy atom. The van der Waals surface area contributed by atoms with E-state index in [2.05, 4.69) is 35.7 Å². The summed E-state index contributed by atoms with van der Waals surface area (Å²) in [6.45, 7) is 2.65. The summed E-state index contributed by atoms with van der Waals surface area (Å²) >= 11 is 0. The lowest BCUT2D eigenvalue weighted by molar-refractivity contribution is -0.0794. The van der Waals surface area contributed by atoms with Crippen molar-refractivity contribution in [2.45, 2.75) is 24.7 Å². The molecule has 0 aromatic carbocycles. The van der Waals surface area contributed by atoms with Crippen LogP contribution in [-0.2, 0) is 4.74 Å². The van der Waals surface area contributed by atoms with Crippen molar-refractivity contribution in [1.82, 2.24) is 34.1 Å². The number of imidazole rings is 1. The number of nitrogens with zero attached hydrogens (tertiary/aromatic N) is 7. The third-order valence-electron chi connectivity index (χ3n) is 6.30. The van der Waals surface area contributed by atoms with Gasteiger partial charge in [-0.15, -0.1) is 5.10 Å². The van der Waals surface area contributed by atoms with Crippen LogP contribution in [0.2, 0.25) is 0 Å². The van der Waals surface area contributed by atoms with Crippen LogP contribution in [0.1, 0.15) is 6.42 Å². The molecule has 0 aliphatic carbocycles. The van der Waals surface area contributed by atoms with Crippen molar-refractivity contribution in [3.05, 3.63) is 36.8 Å². The van der Waals surface area contributed by atoms with Crippen molar-refractivity contribution in [2.24, 2.45) is 0 Å². The Labute approximate surface area is 183 Å². The van der Waals surface area contributed by atoms with Crippen molar-refractivity contribution >= 4 is 22.9 Å². The number of halogens is 1. The molecule has 0 radical (unpaired) electrons. The van der Waals surface area contributed by atoms with Crippen LogP contribution in [0, 0.1) is 0 Å². The molecule has 11 heteroatoms. The Balaban J connectivity index is 1.28. The third-order valence-corrected chi connectivity index (χ3v) is 6.30. The van der Waals surface area contributed by atoms with Gasteiger partial charge in [-0.05, 0) is 24.6 Å². The first kappa shape index (κ1) is 19.4. The van der Waals surface area contributed by atoms with E-state index in [0.29, 0.717) is 44.0 Å². The van der Waals surface area contributed by atoms with Gasteiger partial charge in [0.1, 0.15) is 11.7 Å². The first-order valence-corrected chi connectivity index (χ1v) is 10.8. The lowest BCUT2D eigenvalue weighted by atomic mass is 10.0. The zero-order valence-corrected chi connectivity index (χ0v) is 17.6. The van der Waals surface area contributed by atoms with Gasteiger partial charge in [0.25, 0.3) is 0 Å². The molecule has 0 bridgehead atoms. The summed E-state index contributed by atoms with van der Waals surface area (Å²) < 4.78 is 23.6. The molecule has 32 heavy (non-hydrogen) atoms. The van der Waals surface area contributed by atoms with Crippen LogP contribution in [0.4, 0.5) is 16.2 Å². The molecule has 0 unspecified atom stereocenters. The Bertz CT molecular complexity index is 1270. The zero-order valence-electron chi connectivity index (χ0n) is 17.6. The maximum atomic E-state index is 14.9.